The van der Waals surface area contributed by atoms with Crippen LogP contribution in [0.25, 0.3) is 0 Å². The lowest BCUT2D eigenvalue weighted by Crippen LogP contribution is -2.48. The number of benzene rings is 3. The Morgan fingerprint density at radius 1 is 1.03 bits per heavy atom. The number of nitrogens with zero attached hydrogens (tertiary/aromatic N) is 3. The number of halogens is 1. The fraction of sp³-hybridized carbons (Fsp3) is 0.192. The average Bonchev–Trinajstić information content (AvgIpc) is 3.44. The number of carbonyl (C=O) groups excluding carboxylic acids is 2. The van der Waals surface area contributed by atoms with Crippen LogP contribution in [0, 0.1) is 6.92 Å². The highest BCUT2D eigenvalue weighted by atomic mass is 79.9. The van der Waals surface area contributed by atoms with Crippen molar-refractivity contribution in [1.29, 1.82) is 0 Å². The van der Waals surface area contributed by atoms with E-state index in [9.17, 15) is 9.59 Å². The molecule has 166 valence electrons. The predicted molar refractivity (Wildman–Crippen MR) is 130 cm³/mol. The number of imide groups is 1. The maximum atomic E-state index is 13.8. The smallest absolute Gasteiger partial charge is 0.416 e. The lowest BCUT2D eigenvalue weighted by Gasteiger charge is -2.29. The molecule has 0 bridgehead atoms. The number of carbonyl (C=O) groups is 2. The molecule has 2 atom stereocenters. The second kappa shape index (κ2) is 8.83. The van der Waals surface area contributed by atoms with Gasteiger partial charge in [0, 0.05) is 4.47 Å². The van der Waals surface area contributed by atoms with Crippen molar-refractivity contribution in [1.82, 2.24) is 4.90 Å². The van der Waals surface area contributed by atoms with Crippen LogP contribution < -0.4 is 5.01 Å². The molecule has 1 fully saturated rings. The summed E-state index contributed by atoms with van der Waals surface area (Å²) in [4.78, 5) is 27.4. The first-order valence-electron chi connectivity index (χ1n) is 10.8. The van der Waals surface area contributed by atoms with Gasteiger partial charge in [-0.2, -0.15) is 5.10 Å². The van der Waals surface area contributed by atoms with Gasteiger partial charge in [-0.25, -0.2) is 9.69 Å². The SMILES string of the molecule is Cc1cccc(C2=NN(c3ccc(Br)cc3)[C@H](C(=O)N3CCOC3=O)[C@@H]2c2ccccc2)c1. The first-order chi connectivity index (χ1) is 16.0. The molecule has 2 heterocycles. The molecule has 33 heavy (non-hydrogen) atoms. The molecule has 0 unspecified atom stereocenters. The molecular weight excluding hydrogens is 482 g/mol. The maximum Gasteiger partial charge on any atom is 0.416 e. The van der Waals surface area contributed by atoms with Gasteiger partial charge in [-0.1, -0.05) is 76.1 Å². The van der Waals surface area contributed by atoms with E-state index in [4.69, 9.17) is 9.84 Å². The van der Waals surface area contributed by atoms with Gasteiger partial charge in [-0.15, -0.1) is 0 Å². The molecule has 3 aromatic rings. The van der Waals surface area contributed by atoms with E-state index in [1.54, 1.807) is 5.01 Å². The summed E-state index contributed by atoms with van der Waals surface area (Å²) in [5.41, 5.74) is 4.58. The summed E-state index contributed by atoms with van der Waals surface area (Å²) in [7, 11) is 0. The number of cyclic esters (lactones) is 1. The number of hydrogen-bond acceptors (Lipinski definition) is 5. The van der Waals surface area contributed by atoms with Crippen LogP contribution in [0.2, 0.25) is 0 Å². The van der Waals surface area contributed by atoms with Crippen LogP contribution in [0.3, 0.4) is 0 Å². The van der Waals surface area contributed by atoms with Gasteiger partial charge in [-0.3, -0.25) is 9.80 Å². The van der Waals surface area contributed by atoms with Gasteiger partial charge < -0.3 is 4.74 Å². The zero-order valence-electron chi connectivity index (χ0n) is 18.0. The summed E-state index contributed by atoms with van der Waals surface area (Å²) in [6, 6.07) is 24.9. The third-order valence-corrected chi connectivity index (χ3v) is 6.46. The Balaban J connectivity index is 1.68. The minimum Gasteiger partial charge on any atom is -0.447 e. The average molecular weight is 504 g/mol. The third kappa shape index (κ3) is 4.04. The first kappa shape index (κ1) is 21.4. The highest BCUT2D eigenvalue weighted by Crippen LogP contribution is 2.39. The van der Waals surface area contributed by atoms with Crippen molar-refractivity contribution in [3.05, 3.63) is 100 Å². The topological polar surface area (TPSA) is 62.2 Å². The number of anilines is 1. The van der Waals surface area contributed by atoms with Crippen molar-refractivity contribution in [2.24, 2.45) is 5.10 Å². The zero-order valence-corrected chi connectivity index (χ0v) is 19.6. The molecule has 2 amide bonds. The molecule has 0 aromatic heterocycles. The molecule has 1 saturated heterocycles. The van der Waals surface area contributed by atoms with E-state index >= 15 is 0 Å². The van der Waals surface area contributed by atoms with Crippen molar-refractivity contribution in [2.45, 2.75) is 18.9 Å². The Labute approximate surface area is 200 Å². The molecule has 2 aliphatic rings. The highest BCUT2D eigenvalue weighted by molar-refractivity contribution is 9.10. The van der Waals surface area contributed by atoms with Crippen LogP contribution in [0.4, 0.5) is 10.5 Å². The van der Waals surface area contributed by atoms with Crippen LogP contribution in [-0.4, -0.2) is 41.8 Å². The minimum atomic E-state index is -0.727. The van der Waals surface area contributed by atoms with Crippen LogP contribution in [0.15, 0.2) is 88.4 Å². The molecule has 0 saturated carbocycles. The van der Waals surface area contributed by atoms with Crippen molar-refractivity contribution < 1.29 is 14.3 Å². The summed E-state index contributed by atoms with van der Waals surface area (Å²) in [5.74, 6) is -0.682. The van der Waals surface area contributed by atoms with E-state index in [1.165, 1.54) is 4.90 Å². The van der Waals surface area contributed by atoms with E-state index in [0.717, 1.165) is 32.6 Å². The zero-order chi connectivity index (χ0) is 22.9. The van der Waals surface area contributed by atoms with Crippen molar-refractivity contribution in [2.75, 3.05) is 18.2 Å². The van der Waals surface area contributed by atoms with Gasteiger partial charge in [0.05, 0.1) is 23.9 Å². The van der Waals surface area contributed by atoms with Crippen LogP contribution in [-0.2, 0) is 9.53 Å². The first-order valence-corrected chi connectivity index (χ1v) is 11.6. The van der Waals surface area contributed by atoms with E-state index < -0.39 is 12.1 Å². The highest BCUT2D eigenvalue weighted by Gasteiger charge is 2.48. The molecule has 3 aromatic carbocycles. The fourth-order valence-corrected chi connectivity index (χ4v) is 4.65. The van der Waals surface area contributed by atoms with Crippen molar-refractivity contribution in [3.63, 3.8) is 0 Å². The second-order valence-corrected chi connectivity index (χ2v) is 9.03. The Hall–Kier alpha value is -3.45. The summed E-state index contributed by atoms with van der Waals surface area (Å²) in [5, 5.41) is 6.74. The van der Waals surface area contributed by atoms with E-state index in [1.807, 2.05) is 79.7 Å². The van der Waals surface area contributed by atoms with E-state index in [2.05, 4.69) is 22.0 Å². The van der Waals surface area contributed by atoms with E-state index in [-0.39, 0.29) is 25.0 Å². The maximum absolute atomic E-state index is 13.8. The number of hydrazone groups is 1. The molecular formula is C26H22BrN3O3. The lowest BCUT2D eigenvalue weighted by molar-refractivity contribution is -0.129. The molecule has 2 aliphatic heterocycles. The monoisotopic (exact) mass is 503 g/mol. The minimum absolute atomic E-state index is 0.206. The van der Waals surface area contributed by atoms with Crippen molar-refractivity contribution in [3.8, 4) is 0 Å². The summed E-state index contributed by atoms with van der Waals surface area (Å²) < 4.78 is 6.00. The third-order valence-electron chi connectivity index (χ3n) is 5.93. The van der Waals surface area contributed by atoms with Crippen LogP contribution >= 0.6 is 15.9 Å². The van der Waals surface area contributed by atoms with Gasteiger partial charge in [0.1, 0.15) is 12.6 Å². The summed E-state index contributed by atoms with van der Waals surface area (Å²) >= 11 is 3.47. The number of rotatable bonds is 4. The number of ether oxygens (including phenoxy) is 1. The van der Waals surface area contributed by atoms with Crippen LogP contribution in [0.1, 0.15) is 22.6 Å². The molecule has 0 spiro atoms. The lowest BCUT2D eigenvalue weighted by atomic mass is 9.84. The van der Waals surface area contributed by atoms with E-state index in [0.29, 0.717) is 0 Å². The Morgan fingerprint density at radius 2 is 1.79 bits per heavy atom. The van der Waals surface area contributed by atoms with Gasteiger partial charge in [0.2, 0.25) is 0 Å². The largest absolute Gasteiger partial charge is 0.447 e. The molecule has 7 heteroatoms. The predicted octanol–water partition coefficient (Wildman–Crippen LogP) is 5.11. The molecule has 0 aliphatic carbocycles. The van der Waals surface area contributed by atoms with Gasteiger partial charge in [0.15, 0.2) is 0 Å². The van der Waals surface area contributed by atoms with Gasteiger partial charge in [0.25, 0.3) is 5.91 Å². The van der Waals surface area contributed by atoms with Crippen molar-refractivity contribution >= 4 is 39.3 Å². The van der Waals surface area contributed by atoms with Crippen LogP contribution in [0.5, 0.6) is 0 Å². The number of hydrogen-bond donors (Lipinski definition) is 0. The molecule has 0 N–H and O–H groups in total. The second-order valence-electron chi connectivity index (χ2n) is 8.11. The number of aryl methyl sites for hydroxylation is 1. The number of amides is 2. The fourth-order valence-electron chi connectivity index (χ4n) is 4.39. The molecule has 6 nitrogen and oxygen atoms in total. The molecule has 5 rings (SSSR count). The molecule has 0 radical (unpaired) electrons. The Kier molecular flexibility index (Phi) is 5.72. The quantitative estimate of drug-likeness (QED) is 0.496. The summed E-state index contributed by atoms with van der Waals surface area (Å²) in [6.45, 7) is 2.48. The standard InChI is InChI=1S/C26H22BrN3O3/c1-17-6-5-9-19(16-17)23-22(18-7-3-2-4-8-18)24(25(31)29-14-15-33-26(29)32)30(28-23)21-12-10-20(27)11-13-21/h2-13,16,22,24H,14-15H2,1H3/t22-,24+/m1/s1. The Bertz CT molecular complexity index is 1230. The normalized spacial score (nSPS) is 20.1. The summed E-state index contributed by atoms with van der Waals surface area (Å²) in [6.07, 6.45) is -0.605. The Morgan fingerprint density at radius 3 is 2.45 bits per heavy atom. The van der Waals surface area contributed by atoms with Gasteiger partial charge in [-0.05, 0) is 42.3 Å². The van der Waals surface area contributed by atoms with Gasteiger partial charge >= 0.3 is 6.09 Å².